The summed E-state index contributed by atoms with van der Waals surface area (Å²) in [6.07, 6.45) is 0. The Labute approximate surface area is 114 Å². The van der Waals surface area contributed by atoms with Gasteiger partial charge in [-0.1, -0.05) is 23.7 Å². The summed E-state index contributed by atoms with van der Waals surface area (Å²) < 4.78 is 11.0. The van der Waals surface area contributed by atoms with Crippen LogP contribution in [0.3, 0.4) is 0 Å². The fourth-order valence-electron chi connectivity index (χ4n) is 1.93. The molecular formula is C14H11ClN2O2. The van der Waals surface area contributed by atoms with Crippen molar-refractivity contribution in [2.75, 3.05) is 12.8 Å². The lowest BCUT2D eigenvalue weighted by Crippen LogP contribution is -1.91. The topological polar surface area (TPSA) is 61.3 Å². The molecule has 0 unspecified atom stereocenters. The van der Waals surface area contributed by atoms with Crippen molar-refractivity contribution in [2.24, 2.45) is 0 Å². The first-order valence-corrected chi connectivity index (χ1v) is 6.06. The summed E-state index contributed by atoms with van der Waals surface area (Å²) in [4.78, 5) is 4.43. The summed E-state index contributed by atoms with van der Waals surface area (Å²) in [6, 6.07) is 10.9. The minimum absolute atomic E-state index is 0.430. The fourth-order valence-corrected chi connectivity index (χ4v) is 2.10. The lowest BCUT2D eigenvalue weighted by molar-refractivity contribution is 0.419. The van der Waals surface area contributed by atoms with Crippen LogP contribution in [0, 0.1) is 0 Å². The number of para-hydroxylation sites is 2. The number of oxazole rings is 1. The van der Waals surface area contributed by atoms with Crippen LogP contribution in [-0.2, 0) is 0 Å². The van der Waals surface area contributed by atoms with Gasteiger partial charge in [-0.3, -0.25) is 0 Å². The number of nitrogens with zero attached hydrogens (tertiary/aromatic N) is 1. The lowest BCUT2D eigenvalue weighted by Gasteiger charge is -2.02. The van der Waals surface area contributed by atoms with E-state index in [1.165, 1.54) is 0 Å². The summed E-state index contributed by atoms with van der Waals surface area (Å²) >= 11 is 6.00. The van der Waals surface area contributed by atoms with E-state index in [1.807, 2.05) is 24.3 Å². The summed E-state index contributed by atoms with van der Waals surface area (Å²) in [5.74, 6) is 1.09. The van der Waals surface area contributed by atoms with Crippen molar-refractivity contribution in [1.29, 1.82) is 0 Å². The average Bonchev–Trinajstić information content (AvgIpc) is 2.85. The van der Waals surface area contributed by atoms with Gasteiger partial charge < -0.3 is 14.9 Å². The highest BCUT2D eigenvalue weighted by Gasteiger charge is 2.14. The second-order valence-corrected chi connectivity index (χ2v) is 4.43. The predicted octanol–water partition coefficient (Wildman–Crippen LogP) is 3.74. The molecule has 0 fully saturated rings. The van der Waals surface area contributed by atoms with Gasteiger partial charge in [0.2, 0.25) is 5.89 Å². The molecule has 5 heteroatoms. The van der Waals surface area contributed by atoms with Gasteiger partial charge in [0.25, 0.3) is 0 Å². The highest BCUT2D eigenvalue weighted by Crippen LogP contribution is 2.34. The molecule has 0 aliphatic carbocycles. The van der Waals surface area contributed by atoms with Crippen molar-refractivity contribution in [2.45, 2.75) is 0 Å². The molecule has 0 saturated carbocycles. The zero-order valence-corrected chi connectivity index (χ0v) is 10.9. The molecule has 4 nitrogen and oxygen atoms in total. The van der Waals surface area contributed by atoms with Crippen molar-refractivity contribution >= 4 is 28.4 Å². The third-order valence-corrected chi connectivity index (χ3v) is 3.21. The molecule has 2 N–H and O–H groups in total. The van der Waals surface area contributed by atoms with Crippen molar-refractivity contribution in [1.82, 2.24) is 4.98 Å². The van der Waals surface area contributed by atoms with E-state index in [9.17, 15) is 0 Å². The van der Waals surface area contributed by atoms with Crippen molar-refractivity contribution < 1.29 is 9.15 Å². The summed E-state index contributed by atoms with van der Waals surface area (Å²) in [6.45, 7) is 0. The molecule has 0 radical (unpaired) electrons. The first-order chi connectivity index (χ1) is 9.20. The molecule has 0 atom stereocenters. The highest BCUT2D eigenvalue weighted by atomic mass is 35.5. The van der Waals surface area contributed by atoms with E-state index in [0.717, 1.165) is 0 Å². The van der Waals surface area contributed by atoms with Gasteiger partial charge in [-0.05, 0) is 24.3 Å². The van der Waals surface area contributed by atoms with Crippen LogP contribution in [0.25, 0.3) is 22.6 Å². The Kier molecular flexibility index (Phi) is 2.80. The number of anilines is 1. The molecule has 96 valence electrons. The predicted molar refractivity (Wildman–Crippen MR) is 75.4 cm³/mol. The van der Waals surface area contributed by atoms with Crippen LogP contribution in [0.1, 0.15) is 0 Å². The van der Waals surface area contributed by atoms with Crippen LogP contribution in [0.5, 0.6) is 5.75 Å². The zero-order chi connectivity index (χ0) is 13.4. The zero-order valence-electron chi connectivity index (χ0n) is 10.2. The van der Waals surface area contributed by atoms with E-state index >= 15 is 0 Å². The van der Waals surface area contributed by atoms with Crippen LogP contribution < -0.4 is 10.5 Å². The molecule has 19 heavy (non-hydrogen) atoms. The number of fused-ring (bicyclic) bond motifs is 1. The molecular weight excluding hydrogens is 264 g/mol. The van der Waals surface area contributed by atoms with E-state index in [1.54, 1.807) is 19.2 Å². The maximum Gasteiger partial charge on any atom is 0.229 e. The van der Waals surface area contributed by atoms with Gasteiger partial charge >= 0.3 is 0 Å². The van der Waals surface area contributed by atoms with Crippen LogP contribution in [0.4, 0.5) is 5.69 Å². The Balaban J connectivity index is 2.24. The molecule has 0 bridgehead atoms. The minimum atomic E-state index is 0.430. The Morgan fingerprint density at radius 1 is 1.21 bits per heavy atom. The van der Waals surface area contributed by atoms with E-state index < -0.39 is 0 Å². The number of hydrogen-bond donors (Lipinski definition) is 1. The average molecular weight is 275 g/mol. The molecule has 3 aromatic rings. The maximum atomic E-state index is 6.00. The smallest absolute Gasteiger partial charge is 0.229 e. The Morgan fingerprint density at radius 2 is 2.00 bits per heavy atom. The van der Waals surface area contributed by atoms with Crippen LogP contribution in [-0.4, -0.2) is 12.1 Å². The SMILES string of the molecule is COc1cccc2oc(-c3cccc(Cl)c3N)nc12. The van der Waals surface area contributed by atoms with E-state index in [-0.39, 0.29) is 0 Å². The number of nitrogen functional groups attached to an aromatic ring is 1. The highest BCUT2D eigenvalue weighted by molar-refractivity contribution is 6.33. The van der Waals surface area contributed by atoms with Gasteiger partial charge in [0.15, 0.2) is 11.1 Å². The van der Waals surface area contributed by atoms with Gasteiger partial charge in [-0.25, -0.2) is 4.98 Å². The van der Waals surface area contributed by atoms with Crippen LogP contribution >= 0.6 is 11.6 Å². The first kappa shape index (κ1) is 11.9. The van der Waals surface area contributed by atoms with Crippen LogP contribution in [0.2, 0.25) is 5.02 Å². The van der Waals surface area contributed by atoms with Crippen LogP contribution in [0.15, 0.2) is 40.8 Å². The first-order valence-electron chi connectivity index (χ1n) is 5.68. The van der Waals surface area contributed by atoms with Gasteiger partial charge in [-0.2, -0.15) is 0 Å². The molecule has 0 aliphatic heterocycles. The van der Waals surface area contributed by atoms with Gasteiger partial charge in [0.05, 0.1) is 23.4 Å². The van der Waals surface area contributed by atoms with Crippen molar-refractivity contribution in [3.63, 3.8) is 0 Å². The number of aromatic nitrogens is 1. The number of ether oxygens (including phenoxy) is 1. The quantitative estimate of drug-likeness (QED) is 0.723. The van der Waals surface area contributed by atoms with Gasteiger partial charge in [0, 0.05) is 0 Å². The minimum Gasteiger partial charge on any atom is -0.494 e. The molecule has 1 aromatic heterocycles. The number of rotatable bonds is 2. The van der Waals surface area contributed by atoms with Gasteiger partial charge in [0.1, 0.15) is 5.75 Å². The second kappa shape index (κ2) is 4.48. The lowest BCUT2D eigenvalue weighted by atomic mass is 10.2. The summed E-state index contributed by atoms with van der Waals surface area (Å²) in [5.41, 5.74) is 8.38. The molecule has 3 rings (SSSR count). The van der Waals surface area contributed by atoms with E-state index in [4.69, 9.17) is 26.5 Å². The summed E-state index contributed by atoms with van der Waals surface area (Å²) in [5, 5.41) is 0.478. The van der Waals surface area contributed by atoms with Crippen molar-refractivity contribution in [3.05, 3.63) is 41.4 Å². The number of halogens is 1. The fraction of sp³-hybridized carbons (Fsp3) is 0.0714. The molecule has 0 saturated heterocycles. The molecule has 1 heterocycles. The second-order valence-electron chi connectivity index (χ2n) is 4.03. The third kappa shape index (κ3) is 1.90. The molecule has 0 aliphatic rings. The number of methoxy groups -OCH3 is 1. The monoisotopic (exact) mass is 274 g/mol. The molecule has 0 spiro atoms. The molecule has 2 aromatic carbocycles. The van der Waals surface area contributed by atoms with E-state index in [0.29, 0.717) is 39.0 Å². The Morgan fingerprint density at radius 3 is 2.79 bits per heavy atom. The van der Waals surface area contributed by atoms with Crippen molar-refractivity contribution in [3.8, 4) is 17.2 Å². The Hall–Kier alpha value is -2.20. The standard InChI is InChI=1S/C14H11ClN2O2/c1-18-10-6-3-7-11-13(10)17-14(19-11)8-4-2-5-9(15)12(8)16/h2-7H,16H2,1H3. The maximum absolute atomic E-state index is 6.00. The van der Waals surface area contributed by atoms with Gasteiger partial charge in [-0.15, -0.1) is 0 Å². The molecule has 0 amide bonds. The third-order valence-electron chi connectivity index (χ3n) is 2.89. The summed E-state index contributed by atoms with van der Waals surface area (Å²) in [7, 11) is 1.59. The van der Waals surface area contributed by atoms with E-state index in [2.05, 4.69) is 4.98 Å². The Bertz CT molecular complexity index is 752. The largest absolute Gasteiger partial charge is 0.494 e. The number of hydrogen-bond acceptors (Lipinski definition) is 4. The normalized spacial score (nSPS) is 10.8. The number of nitrogens with two attached hydrogens (primary N) is 1. The number of benzene rings is 2.